The van der Waals surface area contributed by atoms with Crippen molar-refractivity contribution in [2.45, 2.75) is 6.92 Å². The van der Waals surface area contributed by atoms with Crippen LogP contribution in [0.5, 0.6) is 0 Å². The zero-order chi connectivity index (χ0) is 10.1. The molecule has 0 aliphatic heterocycles. The molecule has 0 amide bonds. The first-order valence-electron chi connectivity index (χ1n) is 4.24. The normalized spacial score (nSPS) is 10.4. The highest BCUT2D eigenvalue weighted by molar-refractivity contribution is 9.10. The third-order valence-electron chi connectivity index (χ3n) is 2.06. The van der Waals surface area contributed by atoms with Crippen LogP contribution in [0.2, 0.25) is 0 Å². The molecule has 72 valence electrons. The number of hydrogen-bond acceptors (Lipinski definition) is 2. The second-order valence-electron chi connectivity index (χ2n) is 3.09. The molecule has 0 bridgehead atoms. The van der Waals surface area contributed by atoms with Crippen molar-refractivity contribution in [3.05, 3.63) is 40.6 Å². The van der Waals surface area contributed by atoms with Gasteiger partial charge in [-0.2, -0.15) is 5.10 Å². The molecule has 2 rings (SSSR count). The first kappa shape index (κ1) is 9.27. The van der Waals surface area contributed by atoms with E-state index in [4.69, 9.17) is 5.73 Å². The lowest BCUT2D eigenvalue weighted by Gasteiger charge is -2.06. The SMILES string of the molecule is Cc1ccnn1-c1ccc(Br)c(N)c1. The molecule has 0 atom stereocenters. The molecule has 1 aromatic carbocycles. The maximum absolute atomic E-state index is 5.79. The van der Waals surface area contributed by atoms with E-state index in [1.165, 1.54) is 0 Å². The number of nitrogens with zero attached hydrogens (tertiary/aromatic N) is 2. The zero-order valence-electron chi connectivity index (χ0n) is 7.74. The van der Waals surface area contributed by atoms with Crippen LogP contribution in [0.4, 0.5) is 5.69 Å². The van der Waals surface area contributed by atoms with E-state index in [2.05, 4.69) is 21.0 Å². The molecule has 0 spiro atoms. The number of benzene rings is 1. The van der Waals surface area contributed by atoms with Crippen LogP contribution >= 0.6 is 15.9 Å². The summed E-state index contributed by atoms with van der Waals surface area (Å²) in [4.78, 5) is 0. The second kappa shape index (κ2) is 3.46. The Bertz CT molecular complexity index is 462. The molecule has 0 radical (unpaired) electrons. The highest BCUT2D eigenvalue weighted by Gasteiger charge is 2.02. The third-order valence-corrected chi connectivity index (χ3v) is 2.78. The molecule has 2 aromatic rings. The van der Waals surface area contributed by atoms with Gasteiger partial charge in [-0.3, -0.25) is 0 Å². The monoisotopic (exact) mass is 251 g/mol. The summed E-state index contributed by atoms with van der Waals surface area (Å²) in [5.74, 6) is 0. The van der Waals surface area contributed by atoms with E-state index in [9.17, 15) is 0 Å². The fourth-order valence-electron chi connectivity index (χ4n) is 1.30. The Hall–Kier alpha value is -1.29. The van der Waals surface area contributed by atoms with E-state index in [1.54, 1.807) is 6.20 Å². The molecule has 1 aromatic heterocycles. The van der Waals surface area contributed by atoms with E-state index < -0.39 is 0 Å². The van der Waals surface area contributed by atoms with Gasteiger partial charge >= 0.3 is 0 Å². The Morgan fingerprint density at radius 2 is 2.14 bits per heavy atom. The van der Waals surface area contributed by atoms with Gasteiger partial charge in [0.15, 0.2) is 0 Å². The Balaban J connectivity index is 2.53. The molecule has 14 heavy (non-hydrogen) atoms. The van der Waals surface area contributed by atoms with Crippen LogP contribution in [0.15, 0.2) is 34.9 Å². The molecule has 0 unspecified atom stereocenters. The van der Waals surface area contributed by atoms with Crippen LogP contribution < -0.4 is 5.73 Å². The summed E-state index contributed by atoms with van der Waals surface area (Å²) in [6.45, 7) is 2.01. The molecule has 1 heterocycles. The van der Waals surface area contributed by atoms with Gasteiger partial charge in [0.2, 0.25) is 0 Å². The molecular formula is C10H10BrN3. The maximum atomic E-state index is 5.79. The van der Waals surface area contributed by atoms with Gasteiger partial charge in [-0.05, 0) is 47.1 Å². The topological polar surface area (TPSA) is 43.8 Å². The summed E-state index contributed by atoms with van der Waals surface area (Å²) in [6, 6.07) is 7.74. The lowest BCUT2D eigenvalue weighted by molar-refractivity contribution is 0.847. The molecule has 3 nitrogen and oxygen atoms in total. The van der Waals surface area contributed by atoms with Gasteiger partial charge in [0.25, 0.3) is 0 Å². The van der Waals surface area contributed by atoms with Gasteiger partial charge in [-0.25, -0.2) is 4.68 Å². The molecular weight excluding hydrogens is 242 g/mol. The minimum absolute atomic E-state index is 0.720. The third kappa shape index (κ3) is 1.53. The van der Waals surface area contributed by atoms with Crippen molar-refractivity contribution in [3.63, 3.8) is 0 Å². The highest BCUT2D eigenvalue weighted by atomic mass is 79.9. The quantitative estimate of drug-likeness (QED) is 0.792. The average molecular weight is 252 g/mol. The average Bonchev–Trinajstić information content (AvgIpc) is 2.57. The first-order valence-corrected chi connectivity index (χ1v) is 5.04. The van der Waals surface area contributed by atoms with E-state index in [-0.39, 0.29) is 0 Å². The van der Waals surface area contributed by atoms with Gasteiger partial charge in [0.05, 0.1) is 5.69 Å². The van der Waals surface area contributed by atoms with E-state index in [1.807, 2.05) is 35.9 Å². The number of halogens is 1. The zero-order valence-corrected chi connectivity index (χ0v) is 9.32. The predicted octanol–water partition coefficient (Wildman–Crippen LogP) is 2.53. The minimum Gasteiger partial charge on any atom is -0.398 e. The number of nitrogen functional groups attached to an aromatic ring is 1. The van der Waals surface area contributed by atoms with E-state index in [0.717, 1.165) is 21.5 Å². The number of anilines is 1. The van der Waals surface area contributed by atoms with Crippen LogP contribution in [-0.2, 0) is 0 Å². The van der Waals surface area contributed by atoms with Crippen molar-refractivity contribution in [3.8, 4) is 5.69 Å². The van der Waals surface area contributed by atoms with Gasteiger partial charge in [0, 0.05) is 22.1 Å². The number of aromatic nitrogens is 2. The molecule has 0 aliphatic carbocycles. The lowest BCUT2D eigenvalue weighted by Crippen LogP contribution is -1.99. The van der Waals surface area contributed by atoms with Crippen molar-refractivity contribution in [2.75, 3.05) is 5.73 Å². The molecule has 4 heteroatoms. The van der Waals surface area contributed by atoms with E-state index in [0.29, 0.717) is 0 Å². The van der Waals surface area contributed by atoms with Crippen LogP contribution in [0.3, 0.4) is 0 Å². The summed E-state index contributed by atoms with van der Waals surface area (Å²) in [5.41, 5.74) is 8.58. The lowest BCUT2D eigenvalue weighted by atomic mass is 10.3. The Morgan fingerprint density at radius 1 is 1.36 bits per heavy atom. The van der Waals surface area contributed by atoms with Crippen LogP contribution in [-0.4, -0.2) is 9.78 Å². The second-order valence-corrected chi connectivity index (χ2v) is 3.94. The molecule has 0 saturated heterocycles. The van der Waals surface area contributed by atoms with Crippen LogP contribution in [0.25, 0.3) is 5.69 Å². The number of nitrogens with two attached hydrogens (primary N) is 1. The summed E-state index contributed by atoms with van der Waals surface area (Å²) in [5, 5.41) is 4.20. The summed E-state index contributed by atoms with van der Waals surface area (Å²) < 4.78 is 2.76. The van der Waals surface area contributed by atoms with Crippen LogP contribution in [0.1, 0.15) is 5.69 Å². The Kier molecular flexibility index (Phi) is 2.29. The first-order chi connectivity index (χ1) is 6.68. The van der Waals surface area contributed by atoms with Crippen molar-refractivity contribution in [1.82, 2.24) is 9.78 Å². The van der Waals surface area contributed by atoms with E-state index >= 15 is 0 Å². The van der Waals surface area contributed by atoms with Crippen molar-refractivity contribution in [1.29, 1.82) is 0 Å². The van der Waals surface area contributed by atoms with Gasteiger partial charge in [-0.1, -0.05) is 0 Å². The van der Waals surface area contributed by atoms with Gasteiger partial charge in [-0.15, -0.1) is 0 Å². The Labute approximate surface area is 90.7 Å². The smallest absolute Gasteiger partial charge is 0.0669 e. The highest BCUT2D eigenvalue weighted by Crippen LogP contribution is 2.22. The van der Waals surface area contributed by atoms with Gasteiger partial charge in [0.1, 0.15) is 0 Å². The molecule has 2 N–H and O–H groups in total. The van der Waals surface area contributed by atoms with Crippen molar-refractivity contribution < 1.29 is 0 Å². The number of aryl methyl sites for hydroxylation is 1. The van der Waals surface area contributed by atoms with Crippen LogP contribution in [0, 0.1) is 6.92 Å². The Morgan fingerprint density at radius 3 is 2.71 bits per heavy atom. The number of rotatable bonds is 1. The summed E-state index contributed by atoms with van der Waals surface area (Å²) in [7, 11) is 0. The standard InChI is InChI=1S/C10H10BrN3/c1-7-4-5-13-14(7)8-2-3-9(11)10(12)6-8/h2-6H,12H2,1H3. The fraction of sp³-hybridized carbons (Fsp3) is 0.100. The fourth-order valence-corrected chi connectivity index (χ4v) is 1.55. The predicted molar refractivity (Wildman–Crippen MR) is 60.4 cm³/mol. The molecule has 0 fully saturated rings. The summed E-state index contributed by atoms with van der Waals surface area (Å²) in [6.07, 6.45) is 1.77. The summed E-state index contributed by atoms with van der Waals surface area (Å²) >= 11 is 3.36. The minimum atomic E-state index is 0.720. The van der Waals surface area contributed by atoms with Crippen molar-refractivity contribution >= 4 is 21.6 Å². The van der Waals surface area contributed by atoms with Gasteiger partial charge < -0.3 is 5.73 Å². The number of hydrogen-bond donors (Lipinski definition) is 1. The molecule has 0 saturated carbocycles. The van der Waals surface area contributed by atoms with Crippen molar-refractivity contribution in [2.24, 2.45) is 0 Å². The largest absolute Gasteiger partial charge is 0.398 e. The maximum Gasteiger partial charge on any atom is 0.0669 e. The molecule has 0 aliphatic rings.